The molecular formula is C13H15BrN2OS. The van der Waals surface area contributed by atoms with Gasteiger partial charge in [0.25, 0.3) is 0 Å². The third kappa shape index (κ3) is 2.90. The third-order valence-electron chi connectivity index (χ3n) is 3.14. The lowest BCUT2D eigenvalue weighted by molar-refractivity contribution is 0.297. The van der Waals surface area contributed by atoms with Gasteiger partial charge < -0.3 is 9.32 Å². The number of hydrogen-bond donors (Lipinski definition) is 0. The predicted octanol–water partition coefficient (Wildman–Crippen LogP) is 3.18. The van der Waals surface area contributed by atoms with Crippen molar-refractivity contribution in [2.24, 2.45) is 0 Å². The molecule has 0 amide bonds. The van der Waals surface area contributed by atoms with E-state index in [9.17, 15) is 0 Å². The molecule has 0 saturated carbocycles. The van der Waals surface area contributed by atoms with E-state index >= 15 is 0 Å². The van der Waals surface area contributed by atoms with Gasteiger partial charge in [0.2, 0.25) is 0 Å². The molecule has 0 bridgehead atoms. The summed E-state index contributed by atoms with van der Waals surface area (Å²) in [5.74, 6) is 3.35. The van der Waals surface area contributed by atoms with E-state index in [4.69, 9.17) is 4.42 Å². The van der Waals surface area contributed by atoms with Gasteiger partial charge in [-0.25, -0.2) is 4.98 Å². The van der Waals surface area contributed by atoms with Crippen LogP contribution in [0.1, 0.15) is 5.89 Å². The Morgan fingerprint density at radius 2 is 2.17 bits per heavy atom. The molecule has 0 N–H and O–H groups in total. The molecule has 0 atom stereocenters. The van der Waals surface area contributed by atoms with Crippen LogP contribution in [0.4, 0.5) is 0 Å². The molecule has 2 aromatic rings. The quantitative estimate of drug-likeness (QED) is 0.866. The third-order valence-corrected chi connectivity index (χ3v) is 4.58. The molecule has 1 aromatic heterocycles. The summed E-state index contributed by atoms with van der Waals surface area (Å²) >= 11 is 5.49. The van der Waals surface area contributed by atoms with Gasteiger partial charge >= 0.3 is 0 Å². The van der Waals surface area contributed by atoms with Crippen LogP contribution in [0.5, 0.6) is 0 Å². The van der Waals surface area contributed by atoms with Crippen LogP contribution in [0, 0.1) is 0 Å². The van der Waals surface area contributed by atoms with Crippen molar-refractivity contribution in [1.82, 2.24) is 9.88 Å². The molecule has 0 spiro atoms. The first-order valence-corrected chi connectivity index (χ1v) is 8.11. The minimum atomic E-state index is 0.848. The zero-order valence-electron chi connectivity index (χ0n) is 10.1. The Morgan fingerprint density at radius 1 is 1.33 bits per heavy atom. The Labute approximate surface area is 119 Å². The SMILES string of the molecule is Brc1ccc2oc(CCN3CCSCC3)nc2c1. The number of aromatic nitrogens is 1. The summed E-state index contributed by atoms with van der Waals surface area (Å²) in [6, 6.07) is 5.95. The largest absolute Gasteiger partial charge is 0.441 e. The van der Waals surface area contributed by atoms with Crippen molar-refractivity contribution in [1.29, 1.82) is 0 Å². The van der Waals surface area contributed by atoms with Gasteiger partial charge in [0, 0.05) is 42.0 Å². The minimum Gasteiger partial charge on any atom is -0.441 e. The topological polar surface area (TPSA) is 29.3 Å². The van der Waals surface area contributed by atoms with E-state index in [-0.39, 0.29) is 0 Å². The van der Waals surface area contributed by atoms with Crippen molar-refractivity contribution < 1.29 is 4.42 Å². The fourth-order valence-electron chi connectivity index (χ4n) is 2.13. The highest BCUT2D eigenvalue weighted by Crippen LogP contribution is 2.20. The number of halogens is 1. The number of hydrogen-bond acceptors (Lipinski definition) is 4. The molecule has 0 unspecified atom stereocenters. The summed E-state index contributed by atoms with van der Waals surface area (Å²) in [6.45, 7) is 3.43. The zero-order chi connectivity index (χ0) is 12.4. The lowest BCUT2D eigenvalue weighted by Gasteiger charge is -2.25. The Hall–Kier alpha value is -0.520. The molecule has 3 nitrogen and oxygen atoms in total. The van der Waals surface area contributed by atoms with Crippen LogP contribution in [0.3, 0.4) is 0 Å². The summed E-state index contributed by atoms with van der Waals surface area (Å²) in [5, 5.41) is 0. The number of rotatable bonds is 3. The van der Waals surface area contributed by atoms with Crippen molar-refractivity contribution in [3.63, 3.8) is 0 Å². The van der Waals surface area contributed by atoms with Crippen LogP contribution >= 0.6 is 27.7 Å². The first-order valence-electron chi connectivity index (χ1n) is 6.16. The van der Waals surface area contributed by atoms with E-state index in [1.807, 2.05) is 30.0 Å². The van der Waals surface area contributed by atoms with Crippen LogP contribution in [0.2, 0.25) is 0 Å². The molecule has 1 fully saturated rings. The summed E-state index contributed by atoms with van der Waals surface area (Å²) in [4.78, 5) is 7.02. The van der Waals surface area contributed by atoms with Crippen molar-refractivity contribution >= 4 is 38.8 Å². The van der Waals surface area contributed by atoms with E-state index in [0.29, 0.717) is 0 Å². The Morgan fingerprint density at radius 3 is 3.00 bits per heavy atom. The maximum absolute atomic E-state index is 5.75. The summed E-state index contributed by atoms with van der Waals surface area (Å²) in [5.41, 5.74) is 1.82. The molecule has 18 heavy (non-hydrogen) atoms. The Kier molecular flexibility index (Phi) is 3.91. The summed E-state index contributed by atoms with van der Waals surface area (Å²) < 4.78 is 6.79. The second-order valence-electron chi connectivity index (χ2n) is 4.42. The van der Waals surface area contributed by atoms with Gasteiger partial charge in [-0.15, -0.1) is 0 Å². The zero-order valence-corrected chi connectivity index (χ0v) is 12.5. The maximum Gasteiger partial charge on any atom is 0.196 e. The monoisotopic (exact) mass is 326 g/mol. The van der Waals surface area contributed by atoms with E-state index < -0.39 is 0 Å². The fourth-order valence-corrected chi connectivity index (χ4v) is 3.46. The molecule has 5 heteroatoms. The Bertz CT molecular complexity index is 537. The fraction of sp³-hybridized carbons (Fsp3) is 0.462. The van der Waals surface area contributed by atoms with Gasteiger partial charge in [-0.1, -0.05) is 15.9 Å². The molecular weight excluding hydrogens is 312 g/mol. The van der Waals surface area contributed by atoms with E-state index in [1.165, 1.54) is 24.6 Å². The predicted molar refractivity (Wildman–Crippen MR) is 79.2 cm³/mol. The first kappa shape index (κ1) is 12.5. The van der Waals surface area contributed by atoms with Gasteiger partial charge in [-0.3, -0.25) is 0 Å². The van der Waals surface area contributed by atoms with Crippen LogP contribution in [-0.2, 0) is 6.42 Å². The molecule has 2 heterocycles. The van der Waals surface area contributed by atoms with Gasteiger partial charge in [-0.05, 0) is 18.2 Å². The van der Waals surface area contributed by atoms with Gasteiger partial charge in [0.1, 0.15) is 5.52 Å². The van der Waals surface area contributed by atoms with Crippen LogP contribution in [0.15, 0.2) is 27.1 Å². The molecule has 0 radical (unpaired) electrons. The molecule has 3 rings (SSSR count). The van der Waals surface area contributed by atoms with Crippen molar-refractivity contribution in [2.75, 3.05) is 31.1 Å². The maximum atomic E-state index is 5.75. The number of fused-ring (bicyclic) bond motifs is 1. The normalized spacial score (nSPS) is 17.4. The van der Waals surface area contributed by atoms with E-state index in [1.54, 1.807) is 0 Å². The standard InChI is InChI=1S/C13H15BrN2OS/c14-10-1-2-12-11(9-10)15-13(17-12)3-4-16-5-7-18-8-6-16/h1-2,9H,3-8H2. The number of oxazole rings is 1. The molecule has 1 aromatic carbocycles. The van der Waals surface area contributed by atoms with Gasteiger partial charge in [0.05, 0.1) is 0 Å². The summed E-state index contributed by atoms with van der Waals surface area (Å²) in [6.07, 6.45) is 0.900. The second kappa shape index (κ2) is 5.63. The van der Waals surface area contributed by atoms with Crippen LogP contribution in [0.25, 0.3) is 11.1 Å². The lowest BCUT2D eigenvalue weighted by atomic mass is 10.3. The lowest BCUT2D eigenvalue weighted by Crippen LogP contribution is -2.34. The van der Waals surface area contributed by atoms with E-state index in [0.717, 1.165) is 34.4 Å². The molecule has 0 aliphatic carbocycles. The average molecular weight is 327 g/mol. The van der Waals surface area contributed by atoms with Gasteiger partial charge in [-0.2, -0.15) is 11.8 Å². The van der Waals surface area contributed by atoms with E-state index in [2.05, 4.69) is 25.8 Å². The smallest absolute Gasteiger partial charge is 0.196 e. The highest BCUT2D eigenvalue weighted by Gasteiger charge is 2.12. The molecule has 1 aliphatic rings. The number of nitrogens with zero attached hydrogens (tertiary/aromatic N) is 2. The van der Waals surface area contributed by atoms with Crippen molar-refractivity contribution in [3.05, 3.63) is 28.6 Å². The minimum absolute atomic E-state index is 0.848. The van der Waals surface area contributed by atoms with Crippen molar-refractivity contribution in [3.8, 4) is 0 Å². The Balaban J connectivity index is 1.67. The van der Waals surface area contributed by atoms with Gasteiger partial charge in [0.15, 0.2) is 11.5 Å². The molecule has 1 aliphatic heterocycles. The van der Waals surface area contributed by atoms with Crippen LogP contribution in [-0.4, -0.2) is 41.0 Å². The van der Waals surface area contributed by atoms with Crippen molar-refractivity contribution in [2.45, 2.75) is 6.42 Å². The number of benzene rings is 1. The molecule has 96 valence electrons. The molecule has 1 saturated heterocycles. The summed E-state index contributed by atoms with van der Waals surface area (Å²) in [7, 11) is 0. The first-order chi connectivity index (χ1) is 8.81. The highest BCUT2D eigenvalue weighted by molar-refractivity contribution is 9.10. The second-order valence-corrected chi connectivity index (χ2v) is 6.56. The highest BCUT2D eigenvalue weighted by atomic mass is 79.9. The number of thioether (sulfide) groups is 1. The average Bonchev–Trinajstić information content (AvgIpc) is 2.79. The van der Waals surface area contributed by atoms with Crippen LogP contribution < -0.4 is 0 Å².